The molecular formula is C18H16ClFN4O2. The molecule has 0 aliphatic carbocycles. The minimum atomic E-state index is -0.612. The van der Waals surface area contributed by atoms with E-state index >= 15 is 0 Å². The number of fused-ring (bicyclic) bond motifs is 2. The van der Waals surface area contributed by atoms with Gasteiger partial charge < -0.3 is 9.88 Å². The SMILES string of the molecule is Cc1cc2nc3n(c(=O)c2n1CC(=O)Nc1ccc(Cl)cc1F)CCC3. The van der Waals surface area contributed by atoms with E-state index in [1.54, 1.807) is 15.2 Å². The molecular weight excluding hydrogens is 359 g/mol. The monoisotopic (exact) mass is 374 g/mol. The first kappa shape index (κ1) is 16.8. The normalized spacial score (nSPS) is 13.2. The summed E-state index contributed by atoms with van der Waals surface area (Å²) < 4.78 is 17.2. The number of carbonyl (C=O) groups is 1. The zero-order valence-corrected chi connectivity index (χ0v) is 14.8. The van der Waals surface area contributed by atoms with Gasteiger partial charge in [0.2, 0.25) is 5.91 Å². The Morgan fingerprint density at radius 1 is 1.38 bits per heavy atom. The molecule has 8 heteroatoms. The number of halogens is 2. The van der Waals surface area contributed by atoms with E-state index in [-0.39, 0.29) is 22.8 Å². The highest BCUT2D eigenvalue weighted by atomic mass is 35.5. The van der Waals surface area contributed by atoms with Crippen LogP contribution in [0, 0.1) is 12.7 Å². The molecule has 1 N–H and O–H groups in total. The van der Waals surface area contributed by atoms with Gasteiger partial charge in [-0.05, 0) is 37.6 Å². The Hall–Kier alpha value is -2.67. The third-order valence-corrected chi connectivity index (χ3v) is 4.82. The minimum Gasteiger partial charge on any atom is -0.330 e. The van der Waals surface area contributed by atoms with Gasteiger partial charge in [0, 0.05) is 23.7 Å². The summed E-state index contributed by atoms with van der Waals surface area (Å²) in [4.78, 5) is 29.7. The molecule has 0 atom stereocenters. The van der Waals surface area contributed by atoms with Crippen molar-refractivity contribution in [2.24, 2.45) is 0 Å². The van der Waals surface area contributed by atoms with Gasteiger partial charge in [-0.2, -0.15) is 0 Å². The molecule has 1 amide bonds. The van der Waals surface area contributed by atoms with Crippen LogP contribution in [0.3, 0.4) is 0 Å². The summed E-state index contributed by atoms with van der Waals surface area (Å²) in [6, 6.07) is 5.83. The van der Waals surface area contributed by atoms with E-state index in [4.69, 9.17) is 11.6 Å². The third-order valence-electron chi connectivity index (χ3n) is 4.58. The van der Waals surface area contributed by atoms with Gasteiger partial charge in [-0.1, -0.05) is 11.6 Å². The Morgan fingerprint density at radius 2 is 2.19 bits per heavy atom. The highest BCUT2D eigenvalue weighted by Crippen LogP contribution is 2.21. The number of benzene rings is 1. The molecule has 4 rings (SSSR count). The summed E-state index contributed by atoms with van der Waals surface area (Å²) in [7, 11) is 0. The number of carbonyl (C=O) groups excluding carboxylic acids is 1. The predicted octanol–water partition coefficient (Wildman–Crippen LogP) is 2.88. The first-order chi connectivity index (χ1) is 12.4. The number of nitrogens with zero attached hydrogens (tertiary/aromatic N) is 3. The van der Waals surface area contributed by atoms with Crippen LogP contribution in [-0.2, 0) is 24.3 Å². The summed E-state index contributed by atoms with van der Waals surface area (Å²) in [6.07, 6.45) is 1.68. The minimum absolute atomic E-state index is 0.0456. The lowest BCUT2D eigenvalue weighted by atomic mass is 10.3. The van der Waals surface area contributed by atoms with Crippen LogP contribution in [0.4, 0.5) is 10.1 Å². The first-order valence-electron chi connectivity index (χ1n) is 8.28. The highest BCUT2D eigenvalue weighted by Gasteiger charge is 2.21. The molecule has 0 unspecified atom stereocenters. The molecule has 0 saturated heterocycles. The van der Waals surface area contributed by atoms with Crippen molar-refractivity contribution in [2.75, 3.05) is 5.32 Å². The molecule has 134 valence electrons. The summed E-state index contributed by atoms with van der Waals surface area (Å²) >= 11 is 5.72. The van der Waals surface area contributed by atoms with Gasteiger partial charge in [0.05, 0.1) is 11.2 Å². The third kappa shape index (κ3) is 2.78. The molecule has 1 aliphatic rings. The van der Waals surface area contributed by atoms with Crippen LogP contribution in [0.15, 0.2) is 29.1 Å². The molecule has 2 aromatic heterocycles. The van der Waals surface area contributed by atoms with E-state index in [0.29, 0.717) is 17.6 Å². The average molecular weight is 375 g/mol. The highest BCUT2D eigenvalue weighted by molar-refractivity contribution is 6.30. The summed E-state index contributed by atoms with van der Waals surface area (Å²) in [6.45, 7) is 2.35. The van der Waals surface area contributed by atoms with Gasteiger partial charge >= 0.3 is 0 Å². The lowest BCUT2D eigenvalue weighted by Gasteiger charge is -2.10. The van der Waals surface area contributed by atoms with Gasteiger partial charge in [0.25, 0.3) is 5.56 Å². The fraction of sp³-hybridized carbons (Fsp3) is 0.278. The van der Waals surface area contributed by atoms with Crippen LogP contribution in [-0.4, -0.2) is 20.0 Å². The van der Waals surface area contributed by atoms with Gasteiger partial charge in [0.1, 0.15) is 23.7 Å². The predicted molar refractivity (Wildman–Crippen MR) is 97.1 cm³/mol. The number of aromatic nitrogens is 3. The van der Waals surface area contributed by atoms with Crippen molar-refractivity contribution in [3.8, 4) is 0 Å². The van der Waals surface area contributed by atoms with E-state index in [1.807, 2.05) is 6.92 Å². The molecule has 26 heavy (non-hydrogen) atoms. The summed E-state index contributed by atoms with van der Waals surface area (Å²) in [5.74, 6) is -0.261. The van der Waals surface area contributed by atoms with Crippen molar-refractivity contribution < 1.29 is 9.18 Å². The Balaban J connectivity index is 1.68. The number of hydrogen-bond donors (Lipinski definition) is 1. The second kappa shape index (κ2) is 6.25. The van der Waals surface area contributed by atoms with Crippen LogP contribution in [0.2, 0.25) is 5.02 Å². The van der Waals surface area contributed by atoms with Gasteiger partial charge in [0.15, 0.2) is 0 Å². The number of rotatable bonds is 3. The second-order valence-electron chi connectivity index (χ2n) is 6.37. The molecule has 1 aliphatic heterocycles. The molecule has 0 radical (unpaired) electrons. The van der Waals surface area contributed by atoms with Crippen molar-refractivity contribution in [3.05, 3.63) is 57.0 Å². The number of anilines is 1. The van der Waals surface area contributed by atoms with E-state index in [1.165, 1.54) is 12.1 Å². The molecule has 0 bridgehead atoms. The zero-order valence-electron chi connectivity index (χ0n) is 14.1. The van der Waals surface area contributed by atoms with Crippen molar-refractivity contribution in [3.63, 3.8) is 0 Å². The Morgan fingerprint density at radius 3 is 2.96 bits per heavy atom. The Kier molecular flexibility index (Phi) is 4.03. The van der Waals surface area contributed by atoms with Crippen LogP contribution in [0.25, 0.3) is 11.0 Å². The van der Waals surface area contributed by atoms with Gasteiger partial charge in [-0.15, -0.1) is 0 Å². The summed E-state index contributed by atoms with van der Waals surface area (Å²) in [5, 5.41) is 2.77. The van der Waals surface area contributed by atoms with E-state index < -0.39 is 11.7 Å². The first-order valence-corrected chi connectivity index (χ1v) is 8.66. The van der Waals surface area contributed by atoms with Crippen molar-refractivity contribution in [1.29, 1.82) is 0 Å². The average Bonchev–Trinajstić information content (AvgIpc) is 3.16. The number of aryl methyl sites for hydroxylation is 2. The van der Waals surface area contributed by atoms with Crippen molar-refractivity contribution in [2.45, 2.75) is 32.9 Å². The van der Waals surface area contributed by atoms with Crippen LogP contribution < -0.4 is 10.9 Å². The second-order valence-corrected chi connectivity index (χ2v) is 6.80. The number of hydrogen-bond acceptors (Lipinski definition) is 3. The lowest BCUT2D eigenvalue weighted by molar-refractivity contribution is -0.116. The van der Waals surface area contributed by atoms with Crippen molar-refractivity contribution >= 4 is 34.2 Å². The maximum absolute atomic E-state index is 13.9. The van der Waals surface area contributed by atoms with Crippen LogP contribution >= 0.6 is 11.6 Å². The fourth-order valence-electron chi connectivity index (χ4n) is 3.36. The molecule has 0 spiro atoms. The zero-order chi connectivity index (χ0) is 18.4. The van der Waals surface area contributed by atoms with Crippen molar-refractivity contribution in [1.82, 2.24) is 14.1 Å². The number of amides is 1. The molecule has 6 nitrogen and oxygen atoms in total. The standard InChI is InChI=1S/C18H16ClFN4O2/c1-10-7-14-17(18(26)23-6-2-3-15(23)21-14)24(10)9-16(25)22-13-5-4-11(19)8-12(13)20/h4-5,7-8H,2-3,6,9H2,1H3,(H,22,25). The molecule has 3 heterocycles. The quantitative estimate of drug-likeness (QED) is 0.766. The molecule has 1 aromatic carbocycles. The Labute approximate surface area is 153 Å². The van der Waals surface area contributed by atoms with Crippen LogP contribution in [0.1, 0.15) is 17.9 Å². The van der Waals surface area contributed by atoms with Gasteiger partial charge in [-0.25, -0.2) is 9.37 Å². The summed E-state index contributed by atoms with van der Waals surface area (Å²) in [5.41, 5.74) is 1.65. The topological polar surface area (TPSA) is 68.9 Å². The number of nitrogens with one attached hydrogen (secondary N) is 1. The van der Waals surface area contributed by atoms with Crippen LogP contribution in [0.5, 0.6) is 0 Å². The largest absolute Gasteiger partial charge is 0.330 e. The smallest absolute Gasteiger partial charge is 0.278 e. The fourth-order valence-corrected chi connectivity index (χ4v) is 3.52. The lowest BCUT2D eigenvalue weighted by Crippen LogP contribution is -2.26. The maximum Gasteiger partial charge on any atom is 0.278 e. The van der Waals surface area contributed by atoms with E-state index in [2.05, 4.69) is 10.3 Å². The molecule has 0 fully saturated rings. The molecule has 3 aromatic rings. The van der Waals surface area contributed by atoms with E-state index in [0.717, 1.165) is 30.4 Å². The molecule has 0 saturated carbocycles. The Bertz CT molecular complexity index is 1100. The van der Waals surface area contributed by atoms with Gasteiger partial charge in [-0.3, -0.25) is 14.2 Å². The van der Waals surface area contributed by atoms with E-state index in [9.17, 15) is 14.0 Å². The maximum atomic E-state index is 13.9.